The van der Waals surface area contributed by atoms with E-state index in [2.05, 4.69) is 19.4 Å². The molecule has 0 spiro atoms. The van der Waals surface area contributed by atoms with Crippen LogP contribution in [-0.4, -0.2) is 69.6 Å². The number of nitrogens with zero attached hydrogens (tertiary/aromatic N) is 4. The molecule has 1 saturated heterocycles. The fourth-order valence-electron chi connectivity index (χ4n) is 3.59. The van der Waals surface area contributed by atoms with Crippen molar-refractivity contribution >= 4 is 5.91 Å². The molecule has 1 fully saturated rings. The van der Waals surface area contributed by atoms with Crippen LogP contribution in [0, 0.1) is 5.92 Å². The highest BCUT2D eigenvalue weighted by atomic mass is 16.5. The molecule has 0 saturated carbocycles. The molecule has 1 atom stereocenters. The van der Waals surface area contributed by atoms with Crippen LogP contribution in [0.15, 0.2) is 30.7 Å². The summed E-state index contributed by atoms with van der Waals surface area (Å²) in [4.78, 5) is 24.6. The van der Waals surface area contributed by atoms with Crippen LogP contribution >= 0.6 is 0 Å². The number of ether oxygens (including phenoxy) is 1. The number of carbonyl (C=O) groups is 1. The monoisotopic (exact) mass is 329 g/mol. The number of H-pyrrole nitrogens is 1. The van der Waals surface area contributed by atoms with Crippen LogP contribution in [0.5, 0.6) is 0 Å². The van der Waals surface area contributed by atoms with E-state index in [-0.39, 0.29) is 5.91 Å². The fraction of sp³-hybridized carbons (Fsp3) is 0.529. The van der Waals surface area contributed by atoms with E-state index in [1.165, 1.54) is 0 Å². The quantitative estimate of drug-likeness (QED) is 0.905. The van der Waals surface area contributed by atoms with E-state index in [1.54, 1.807) is 6.20 Å². The minimum absolute atomic E-state index is 0.0448. The van der Waals surface area contributed by atoms with Gasteiger partial charge in [0, 0.05) is 57.2 Å². The van der Waals surface area contributed by atoms with E-state index in [9.17, 15) is 4.79 Å². The Morgan fingerprint density at radius 3 is 3.00 bits per heavy atom. The van der Waals surface area contributed by atoms with Gasteiger partial charge in [-0.3, -0.25) is 9.69 Å². The van der Waals surface area contributed by atoms with Crippen molar-refractivity contribution < 1.29 is 9.53 Å². The second-order valence-corrected chi connectivity index (χ2v) is 6.54. The van der Waals surface area contributed by atoms with Crippen molar-refractivity contribution in [2.45, 2.75) is 13.1 Å². The van der Waals surface area contributed by atoms with Crippen LogP contribution in [0.1, 0.15) is 16.3 Å². The number of fused-ring (bicyclic) bond motifs is 1. The van der Waals surface area contributed by atoms with Gasteiger partial charge in [0.15, 0.2) is 0 Å². The molecule has 128 valence electrons. The minimum atomic E-state index is 0.0448. The third-order valence-corrected chi connectivity index (χ3v) is 4.80. The van der Waals surface area contributed by atoms with Crippen molar-refractivity contribution in [3.8, 4) is 0 Å². The van der Waals surface area contributed by atoms with E-state index in [0.717, 1.165) is 51.8 Å². The molecule has 2 aliphatic rings. The van der Waals surface area contributed by atoms with Crippen LogP contribution in [0.4, 0.5) is 0 Å². The van der Waals surface area contributed by atoms with Crippen LogP contribution in [0.25, 0.3) is 0 Å². The lowest BCUT2D eigenvalue weighted by Crippen LogP contribution is -2.43. The summed E-state index contributed by atoms with van der Waals surface area (Å²) in [5.74, 6) is 1.39. The zero-order chi connectivity index (χ0) is 16.4. The molecule has 2 aromatic heterocycles. The molecular formula is C17H23N5O2. The second-order valence-electron chi connectivity index (χ2n) is 6.54. The largest absolute Gasteiger partial charge is 0.379 e. The second kappa shape index (κ2) is 6.78. The van der Waals surface area contributed by atoms with E-state index in [1.807, 2.05) is 29.4 Å². The number of morpholine rings is 1. The summed E-state index contributed by atoms with van der Waals surface area (Å²) >= 11 is 0. The Morgan fingerprint density at radius 2 is 2.21 bits per heavy atom. The van der Waals surface area contributed by atoms with Crippen LogP contribution in [-0.2, 0) is 17.8 Å². The van der Waals surface area contributed by atoms with Crippen molar-refractivity contribution in [1.82, 2.24) is 24.3 Å². The maximum absolute atomic E-state index is 12.8. The molecule has 0 radical (unpaired) electrons. The molecule has 4 rings (SSSR count). The number of imidazole rings is 1. The maximum atomic E-state index is 12.8. The normalized spacial score (nSPS) is 22.2. The molecule has 24 heavy (non-hydrogen) atoms. The summed E-state index contributed by atoms with van der Waals surface area (Å²) in [5.41, 5.74) is 0.639. The van der Waals surface area contributed by atoms with Gasteiger partial charge in [-0.1, -0.05) is 0 Å². The minimum Gasteiger partial charge on any atom is -0.379 e. The van der Waals surface area contributed by atoms with E-state index < -0.39 is 0 Å². The Kier molecular flexibility index (Phi) is 4.36. The van der Waals surface area contributed by atoms with Crippen molar-refractivity contribution in [3.05, 3.63) is 42.2 Å². The van der Waals surface area contributed by atoms with Crippen LogP contribution < -0.4 is 0 Å². The predicted octanol–water partition coefficient (Wildman–Crippen LogP) is 0.816. The Balaban J connectivity index is 1.53. The molecule has 7 heteroatoms. The first-order valence-electron chi connectivity index (χ1n) is 8.52. The standard InChI is InChI=1S/C17H23N5O2/c23-17(15-2-1-3-18-15)22-12-14(10-20-6-8-24-9-7-20)11-21-5-4-19-16(21)13-22/h1-5,14,18H,6-13H2. The SMILES string of the molecule is O=C(c1ccc[nH]1)N1Cc2nccn2CC(CN2CCOCC2)C1. The van der Waals surface area contributed by atoms with Crippen LogP contribution in [0.2, 0.25) is 0 Å². The lowest BCUT2D eigenvalue weighted by Gasteiger charge is -2.31. The smallest absolute Gasteiger partial charge is 0.270 e. The van der Waals surface area contributed by atoms with Crippen LogP contribution in [0.3, 0.4) is 0 Å². The van der Waals surface area contributed by atoms with E-state index in [4.69, 9.17) is 4.74 Å². The molecule has 1 amide bonds. The van der Waals surface area contributed by atoms with Crippen molar-refractivity contribution in [2.75, 3.05) is 39.4 Å². The maximum Gasteiger partial charge on any atom is 0.270 e. The molecule has 0 bridgehead atoms. The summed E-state index contributed by atoms with van der Waals surface area (Å²) in [6, 6.07) is 3.69. The molecule has 2 aromatic rings. The number of nitrogens with one attached hydrogen (secondary N) is 1. The fourth-order valence-corrected chi connectivity index (χ4v) is 3.59. The Morgan fingerprint density at radius 1 is 1.33 bits per heavy atom. The molecule has 1 unspecified atom stereocenters. The lowest BCUT2D eigenvalue weighted by molar-refractivity contribution is 0.0263. The molecule has 4 heterocycles. The molecule has 0 aliphatic carbocycles. The zero-order valence-corrected chi connectivity index (χ0v) is 13.7. The van der Waals surface area contributed by atoms with Gasteiger partial charge in [0.2, 0.25) is 0 Å². The Bertz CT molecular complexity index is 675. The van der Waals surface area contributed by atoms with Crippen molar-refractivity contribution in [3.63, 3.8) is 0 Å². The molecule has 7 nitrogen and oxygen atoms in total. The number of hydrogen-bond donors (Lipinski definition) is 1. The van der Waals surface area contributed by atoms with E-state index >= 15 is 0 Å². The summed E-state index contributed by atoms with van der Waals surface area (Å²) in [6.45, 7) is 6.73. The number of hydrogen-bond acceptors (Lipinski definition) is 4. The summed E-state index contributed by atoms with van der Waals surface area (Å²) in [5, 5.41) is 0. The average Bonchev–Trinajstić information content (AvgIpc) is 3.24. The number of rotatable bonds is 3. The predicted molar refractivity (Wildman–Crippen MR) is 88.5 cm³/mol. The Hall–Kier alpha value is -2.12. The number of aromatic nitrogens is 3. The average molecular weight is 329 g/mol. The summed E-state index contributed by atoms with van der Waals surface area (Å²) in [7, 11) is 0. The number of aromatic amines is 1. The summed E-state index contributed by atoms with van der Waals surface area (Å²) < 4.78 is 7.63. The highest BCUT2D eigenvalue weighted by Crippen LogP contribution is 2.19. The van der Waals surface area contributed by atoms with Gasteiger partial charge in [-0.05, 0) is 12.1 Å². The first-order chi connectivity index (χ1) is 11.8. The molecular weight excluding hydrogens is 306 g/mol. The first-order valence-corrected chi connectivity index (χ1v) is 8.52. The Labute approximate surface area is 141 Å². The van der Waals surface area contributed by atoms with Gasteiger partial charge >= 0.3 is 0 Å². The molecule has 2 aliphatic heterocycles. The number of amides is 1. The highest BCUT2D eigenvalue weighted by molar-refractivity contribution is 5.92. The third kappa shape index (κ3) is 3.22. The molecule has 0 aromatic carbocycles. The van der Waals surface area contributed by atoms with Gasteiger partial charge in [0.05, 0.1) is 19.8 Å². The third-order valence-electron chi connectivity index (χ3n) is 4.80. The van der Waals surface area contributed by atoms with Gasteiger partial charge in [-0.2, -0.15) is 0 Å². The van der Waals surface area contributed by atoms with Gasteiger partial charge in [0.1, 0.15) is 11.5 Å². The van der Waals surface area contributed by atoms with Gasteiger partial charge in [-0.15, -0.1) is 0 Å². The summed E-state index contributed by atoms with van der Waals surface area (Å²) in [6.07, 6.45) is 5.63. The highest BCUT2D eigenvalue weighted by Gasteiger charge is 2.28. The van der Waals surface area contributed by atoms with Gasteiger partial charge in [0.25, 0.3) is 5.91 Å². The first kappa shape index (κ1) is 15.4. The topological polar surface area (TPSA) is 66.4 Å². The van der Waals surface area contributed by atoms with Crippen molar-refractivity contribution in [1.29, 1.82) is 0 Å². The zero-order valence-electron chi connectivity index (χ0n) is 13.7. The van der Waals surface area contributed by atoms with Gasteiger partial charge in [-0.25, -0.2) is 4.98 Å². The lowest BCUT2D eigenvalue weighted by atomic mass is 10.1. The number of carbonyl (C=O) groups excluding carboxylic acids is 1. The molecule has 1 N–H and O–H groups in total. The van der Waals surface area contributed by atoms with E-state index in [0.29, 0.717) is 18.2 Å². The van der Waals surface area contributed by atoms with Gasteiger partial charge < -0.3 is 19.2 Å². The van der Waals surface area contributed by atoms with Crippen molar-refractivity contribution in [2.24, 2.45) is 5.92 Å².